The van der Waals surface area contributed by atoms with Gasteiger partial charge in [-0.25, -0.2) is 9.36 Å². The topological polar surface area (TPSA) is 237 Å². The van der Waals surface area contributed by atoms with Crippen LogP contribution in [0.5, 0.6) is 5.75 Å². The first-order chi connectivity index (χ1) is 22.9. The van der Waals surface area contributed by atoms with Crippen LogP contribution in [0.1, 0.15) is 51.7 Å². The van der Waals surface area contributed by atoms with Crippen molar-refractivity contribution in [2.45, 2.75) is 65.1 Å². The van der Waals surface area contributed by atoms with E-state index in [1.165, 1.54) is 31.2 Å². The van der Waals surface area contributed by atoms with Crippen LogP contribution in [0.25, 0.3) is 0 Å². The zero-order chi connectivity index (χ0) is 36.6. The number of phosphoric acid groups is 1. The van der Waals surface area contributed by atoms with Crippen LogP contribution in [0.3, 0.4) is 0 Å². The van der Waals surface area contributed by atoms with Crippen LogP contribution < -0.4 is 15.2 Å². The van der Waals surface area contributed by atoms with Crippen LogP contribution in [0.2, 0.25) is 0 Å². The van der Waals surface area contributed by atoms with Gasteiger partial charge in [-0.1, -0.05) is 19.1 Å². The first-order valence-electron chi connectivity index (χ1n) is 15.6. The number of carbonyl (C=O) groups is 5. The van der Waals surface area contributed by atoms with Gasteiger partial charge in [0, 0.05) is 36.7 Å². The second kappa shape index (κ2) is 20.0. The van der Waals surface area contributed by atoms with Gasteiger partial charge in [0.15, 0.2) is 0 Å². The number of amides is 4. The third-order valence-corrected chi connectivity index (χ3v) is 7.09. The van der Waals surface area contributed by atoms with Gasteiger partial charge in [0.1, 0.15) is 11.4 Å². The molecule has 0 saturated carbocycles. The lowest BCUT2D eigenvalue weighted by atomic mass is 9.95. The van der Waals surface area contributed by atoms with Crippen LogP contribution in [-0.4, -0.2) is 107 Å². The van der Waals surface area contributed by atoms with Crippen molar-refractivity contribution < 1.29 is 66.9 Å². The molecule has 1 unspecified atom stereocenters. The summed E-state index contributed by atoms with van der Waals surface area (Å²) in [5, 5.41) is 14.8. The molecule has 1 heterocycles. The van der Waals surface area contributed by atoms with Crippen molar-refractivity contribution >= 4 is 37.6 Å². The first-order valence-corrected chi connectivity index (χ1v) is 17.1. The Hall–Kier alpha value is -3.86. The highest BCUT2D eigenvalue weighted by Gasteiger charge is 2.25. The predicted octanol–water partition coefficient (Wildman–Crippen LogP) is 1.69. The summed E-state index contributed by atoms with van der Waals surface area (Å²) in [6.45, 7) is 7.79. The third kappa shape index (κ3) is 17.4. The number of aliphatic carboxylic acids is 1. The van der Waals surface area contributed by atoms with E-state index in [9.17, 15) is 43.4 Å². The lowest BCUT2D eigenvalue weighted by molar-refractivity contribution is -0.141. The number of imide groups is 1. The van der Waals surface area contributed by atoms with Gasteiger partial charge in [0.25, 0.3) is 11.8 Å². The largest absolute Gasteiger partial charge is 0.524 e. The Morgan fingerprint density at radius 2 is 1.53 bits per heavy atom. The summed E-state index contributed by atoms with van der Waals surface area (Å²) in [5.41, 5.74) is 0.0297. The molecule has 0 fully saturated rings. The van der Waals surface area contributed by atoms with E-state index in [0.717, 1.165) is 4.90 Å². The second-order valence-corrected chi connectivity index (χ2v) is 13.2. The molecular weight excluding hydrogens is 669 g/mol. The fraction of sp³-hybridized carbons (Fsp3) is 0.581. The molecule has 18 heteroatoms. The maximum Gasteiger partial charge on any atom is 0.524 e. The van der Waals surface area contributed by atoms with Gasteiger partial charge >= 0.3 is 19.9 Å². The highest BCUT2D eigenvalue weighted by Crippen LogP contribution is 2.39. The molecule has 4 amide bonds. The Morgan fingerprint density at radius 3 is 2.10 bits per heavy atom. The quantitative estimate of drug-likeness (QED) is 0.0653. The zero-order valence-corrected chi connectivity index (χ0v) is 28.9. The average molecular weight is 716 g/mol. The molecule has 0 spiro atoms. The van der Waals surface area contributed by atoms with Crippen LogP contribution in [0.15, 0.2) is 30.4 Å². The molecule has 0 radical (unpaired) electrons. The van der Waals surface area contributed by atoms with E-state index in [4.69, 9.17) is 23.5 Å². The van der Waals surface area contributed by atoms with Crippen molar-refractivity contribution in [2.75, 3.05) is 46.2 Å². The highest BCUT2D eigenvalue weighted by molar-refractivity contribution is 7.46. The number of nitrogens with zero attached hydrogens (tertiary/aromatic N) is 1. The number of alkyl carbamates (subject to hydrolysis) is 1. The number of carboxylic acid groups (broad SMARTS) is 1. The minimum atomic E-state index is -4.94. The number of nitrogens with one attached hydrogen (secondary N) is 2. The fourth-order valence-corrected chi connectivity index (χ4v) is 4.83. The molecule has 1 aliphatic rings. The second-order valence-electron chi connectivity index (χ2n) is 12.1. The molecule has 2 rings (SSSR count). The first kappa shape index (κ1) is 41.3. The summed E-state index contributed by atoms with van der Waals surface area (Å²) in [6.07, 6.45) is 1.88. The minimum absolute atomic E-state index is 0.0186. The molecule has 17 nitrogen and oxygen atoms in total. The third-order valence-electron chi connectivity index (χ3n) is 6.66. The van der Waals surface area contributed by atoms with Crippen molar-refractivity contribution in [3.8, 4) is 5.75 Å². The number of carboxylic acids is 1. The summed E-state index contributed by atoms with van der Waals surface area (Å²) in [5.74, 6) is -3.16. The average Bonchev–Trinajstić information content (AvgIpc) is 3.30. The van der Waals surface area contributed by atoms with Crippen molar-refractivity contribution in [1.82, 2.24) is 15.5 Å². The van der Waals surface area contributed by atoms with Gasteiger partial charge < -0.3 is 39.2 Å². The minimum Gasteiger partial charge on any atom is -0.481 e. The lowest BCUT2D eigenvalue weighted by Gasteiger charge is -2.25. The van der Waals surface area contributed by atoms with Gasteiger partial charge in [-0.15, -0.1) is 0 Å². The summed E-state index contributed by atoms with van der Waals surface area (Å²) in [4.78, 5) is 79.2. The Morgan fingerprint density at radius 1 is 0.939 bits per heavy atom. The number of carbonyl (C=O) groups excluding carboxylic acids is 4. The van der Waals surface area contributed by atoms with E-state index in [1.54, 1.807) is 26.8 Å². The van der Waals surface area contributed by atoms with Gasteiger partial charge in [-0.05, 0) is 45.2 Å². The molecule has 0 aliphatic carbocycles. The maximum absolute atomic E-state index is 12.5. The van der Waals surface area contributed by atoms with Crippen LogP contribution in [0.4, 0.5) is 4.79 Å². The maximum atomic E-state index is 12.5. The van der Waals surface area contributed by atoms with Crippen molar-refractivity contribution in [3.63, 3.8) is 0 Å². The normalized spacial score (nSPS) is 14.4. The number of phosphoric ester groups is 1. The highest BCUT2D eigenvalue weighted by atomic mass is 31.2. The molecule has 1 aromatic rings. The summed E-state index contributed by atoms with van der Waals surface area (Å²) >= 11 is 0. The molecule has 0 bridgehead atoms. The van der Waals surface area contributed by atoms with Crippen LogP contribution >= 0.6 is 7.82 Å². The van der Waals surface area contributed by atoms with E-state index in [0.29, 0.717) is 5.56 Å². The fourth-order valence-electron chi connectivity index (χ4n) is 4.39. The molecule has 2 atom stereocenters. The van der Waals surface area contributed by atoms with Crippen molar-refractivity contribution in [2.24, 2.45) is 5.92 Å². The summed E-state index contributed by atoms with van der Waals surface area (Å²) < 4.78 is 37.8. The van der Waals surface area contributed by atoms with Crippen LogP contribution in [-0.2, 0) is 55.7 Å². The zero-order valence-electron chi connectivity index (χ0n) is 28.0. The standard InChI is InChI=1S/C31H46N3O14P/c1-21(29(38)39)17-24(33-30(40)47-31(2,3)4)19-22-5-6-25(48-49(41,42)43)23(18-22)20-32-26(35)9-11-44-13-15-46-16-14-45-12-10-34-27(36)7-8-28(34)37/h5-8,18,21,24H,9-17,19-20H2,1-4H3,(H,32,35)(H,33,40)(H,38,39)(H2,41,42,43)/t21?,24-/m1/s1. The molecule has 0 saturated heterocycles. The molecule has 49 heavy (non-hydrogen) atoms. The monoisotopic (exact) mass is 715 g/mol. The molecule has 1 aromatic carbocycles. The lowest BCUT2D eigenvalue weighted by Crippen LogP contribution is -2.41. The van der Waals surface area contributed by atoms with Crippen molar-refractivity contribution in [1.29, 1.82) is 0 Å². The van der Waals surface area contributed by atoms with Gasteiger partial charge in [0.05, 0.1) is 52.1 Å². The summed E-state index contributed by atoms with van der Waals surface area (Å²) in [7, 11) is -4.94. The SMILES string of the molecule is CC(C[C@H](Cc1ccc(OP(=O)(O)O)c(CNC(=O)CCOCCOCCOCCN2C(=O)C=CC2=O)c1)NC(=O)OC(C)(C)C)C(=O)O. The van der Waals surface area contributed by atoms with E-state index >= 15 is 0 Å². The van der Waals surface area contributed by atoms with Crippen LogP contribution in [0, 0.1) is 5.92 Å². The van der Waals surface area contributed by atoms with E-state index < -0.39 is 43.4 Å². The number of rotatable bonds is 22. The van der Waals surface area contributed by atoms with Gasteiger partial charge in [0.2, 0.25) is 5.91 Å². The van der Waals surface area contributed by atoms with E-state index in [-0.39, 0.29) is 95.1 Å². The number of hydrogen-bond acceptors (Lipinski definition) is 11. The number of ether oxygens (including phenoxy) is 4. The Bertz CT molecular complexity index is 1360. The molecule has 5 N–H and O–H groups in total. The van der Waals surface area contributed by atoms with E-state index in [2.05, 4.69) is 10.6 Å². The Kier molecular flexibility index (Phi) is 16.8. The molecule has 1 aliphatic heterocycles. The number of benzene rings is 1. The molecule has 0 aromatic heterocycles. The van der Waals surface area contributed by atoms with E-state index in [1.807, 2.05) is 0 Å². The summed E-state index contributed by atoms with van der Waals surface area (Å²) in [6, 6.07) is 3.72. The number of hydrogen-bond donors (Lipinski definition) is 5. The smallest absolute Gasteiger partial charge is 0.481 e. The Balaban J connectivity index is 1.83. The van der Waals surface area contributed by atoms with Crippen molar-refractivity contribution in [3.05, 3.63) is 41.5 Å². The predicted molar refractivity (Wildman–Crippen MR) is 172 cm³/mol. The molecular formula is C31H46N3O14P. The van der Waals surface area contributed by atoms with Gasteiger partial charge in [-0.2, -0.15) is 0 Å². The Labute approximate surface area is 284 Å². The molecule has 274 valence electrons. The van der Waals surface area contributed by atoms with Gasteiger partial charge in [-0.3, -0.25) is 33.9 Å².